The van der Waals surface area contributed by atoms with E-state index in [-0.39, 0.29) is 0 Å². The lowest BCUT2D eigenvalue weighted by Gasteiger charge is -2.35. The Labute approximate surface area is 175 Å². The van der Waals surface area contributed by atoms with Crippen molar-refractivity contribution < 1.29 is 0 Å². The quantitative estimate of drug-likeness (QED) is 0.483. The summed E-state index contributed by atoms with van der Waals surface area (Å²) in [7, 11) is 0. The monoisotopic (exact) mass is 400 g/mol. The van der Waals surface area contributed by atoms with Gasteiger partial charge in [-0.3, -0.25) is 4.90 Å². The zero-order chi connectivity index (χ0) is 19.6. The molecule has 1 aliphatic heterocycles. The van der Waals surface area contributed by atoms with Crippen LogP contribution in [0.15, 0.2) is 66.7 Å². The minimum atomic E-state index is 0.848. The maximum Gasteiger partial charge on any atom is 0.141 e. The van der Waals surface area contributed by atoms with Crippen molar-refractivity contribution in [1.82, 2.24) is 14.9 Å². The van der Waals surface area contributed by atoms with Crippen LogP contribution in [0.3, 0.4) is 0 Å². The molecule has 146 valence electrons. The number of aromatic nitrogens is 2. The molecule has 0 amide bonds. The molecule has 5 rings (SSSR count). The number of aryl methyl sites for hydroxylation is 1. The third-order valence-electron chi connectivity index (χ3n) is 5.46. The molecule has 0 atom stereocenters. The third kappa shape index (κ3) is 3.88. The topological polar surface area (TPSA) is 32.3 Å². The van der Waals surface area contributed by atoms with Gasteiger partial charge < -0.3 is 4.90 Å². The second kappa shape index (κ2) is 7.93. The molecule has 1 saturated heterocycles. The summed E-state index contributed by atoms with van der Waals surface area (Å²) < 4.78 is 0. The molecule has 4 nitrogen and oxygen atoms in total. The van der Waals surface area contributed by atoms with E-state index in [4.69, 9.17) is 9.97 Å². The van der Waals surface area contributed by atoms with Gasteiger partial charge in [0.25, 0.3) is 0 Å². The van der Waals surface area contributed by atoms with Gasteiger partial charge in [-0.15, -0.1) is 11.3 Å². The summed E-state index contributed by atoms with van der Waals surface area (Å²) in [6, 6.07) is 23.5. The molecular weight excluding hydrogens is 376 g/mol. The summed E-state index contributed by atoms with van der Waals surface area (Å²) in [5.74, 6) is 1.94. The average Bonchev–Trinajstić information content (AvgIpc) is 3.19. The van der Waals surface area contributed by atoms with Gasteiger partial charge in [0.15, 0.2) is 0 Å². The van der Waals surface area contributed by atoms with Crippen LogP contribution in [0.1, 0.15) is 11.4 Å². The number of piperazine rings is 1. The van der Waals surface area contributed by atoms with Crippen molar-refractivity contribution in [3.05, 3.63) is 78.1 Å². The highest BCUT2D eigenvalue weighted by Gasteiger charge is 2.22. The highest BCUT2D eigenvalue weighted by atomic mass is 32.1. The molecule has 0 spiro atoms. The highest BCUT2D eigenvalue weighted by Crippen LogP contribution is 2.36. The lowest BCUT2D eigenvalue weighted by atomic mass is 10.1. The number of thiophene rings is 1. The van der Waals surface area contributed by atoms with Crippen molar-refractivity contribution in [2.45, 2.75) is 13.5 Å². The van der Waals surface area contributed by atoms with Gasteiger partial charge in [0.2, 0.25) is 0 Å². The van der Waals surface area contributed by atoms with E-state index in [1.54, 1.807) is 11.3 Å². The average molecular weight is 401 g/mol. The van der Waals surface area contributed by atoms with Gasteiger partial charge in [0, 0.05) is 37.6 Å². The first-order valence-electron chi connectivity index (χ1n) is 10.1. The van der Waals surface area contributed by atoms with E-state index in [0.717, 1.165) is 49.2 Å². The molecule has 0 aliphatic carbocycles. The predicted octanol–water partition coefficient (Wildman–Crippen LogP) is 4.99. The molecule has 0 radical (unpaired) electrons. The number of hydrogen-bond donors (Lipinski definition) is 0. The lowest BCUT2D eigenvalue weighted by Crippen LogP contribution is -2.46. The summed E-state index contributed by atoms with van der Waals surface area (Å²) in [5.41, 5.74) is 2.62. The molecule has 0 saturated carbocycles. The highest BCUT2D eigenvalue weighted by molar-refractivity contribution is 7.21. The van der Waals surface area contributed by atoms with Gasteiger partial charge in [0.05, 0.1) is 5.39 Å². The second-order valence-corrected chi connectivity index (χ2v) is 8.57. The van der Waals surface area contributed by atoms with Crippen molar-refractivity contribution in [3.8, 4) is 10.4 Å². The van der Waals surface area contributed by atoms with Crippen LogP contribution in [0.4, 0.5) is 5.82 Å². The van der Waals surface area contributed by atoms with E-state index in [0.29, 0.717) is 0 Å². The first-order valence-corrected chi connectivity index (χ1v) is 10.9. The molecule has 0 unspecified atom stereocenters. The number of nitrogens with zero attached hydrogens (tertiary/aromatic N) is 4. The first-order chi connectivity index (χ1) is 14.3. The van der Waals surface area contributed by atoms with E-state index in [2.05, 4.69) is 76.5 Å². The van der Waals surface area contributed by atoms with Crippen LogP contribution in [0.2, 0.25) is 0 Å². The van der Waals surface area contributed by atoms with Crippen LogP contribution in [0.5, 0.6) is 0 Å². The fourth-order valence-corrected chi connectivity index (χ4v) is 5.03. The molecular formula is C24H24N4S. The van der Waals surface area contributed by atoms with Gasteiger partial charge in [-0.2, -0.15) is 0 Å². The number of hydrogen-bond acceptors (Lipinski definition) is 5. The van der Waals surface area contributed by atoms with E-state index >= 15 is 0 Å². The zero-order valence-electron chi connectivity index (χ0n) is 16.6. The second-order valence-electron chi connectivity index (χ2n) is 7.54. The minimum absolute atomic E-state index is 0.848. The van der Waals surface area contributed by atoms with E-state index in [9.17, 15) is 0 Å². The number of benzene rings is 2. The standard InChI is InChI=1S/C24H24N4S/c1-18-25-23(21-16-22(29-24(21)26-18)20-10-6-3-7-11-20)28-14-12-27(13-15-28)17-19-8-4-2-5-9-19/h2-11,16H,12-15,17H2,1H3. The van der Waals surface area contributed by atoms with Crippen molar-refractivity contribution in [2.75, 3.05) is 31.1 Å². The van der Waals surface area contributed by atoms with Gasteiger partial charge in [-0.1, -0.05) is 60.7 Å². The molecule has 29 heavy (non-hydrogen) atoms. The predicted molar refractivity (Wildman–Crippen MR) is 122 cm³/mol. The lowest BCUT2D eigenvalue weighted by molar-refractivity contribution is 0.249. The van der Waals surface area contributed by atoms with Crippen LogP contribution < -0.4 is 4.90 Å². The summed E-state index contributed by atoms with van der Waals surface area (Å²) in [6.45, 7) is 7.11. The van der Waals surface area contributed by atoms with Crippen LogP contribution in [-0.2, 0) is 6.54 Å². The van der Waals surface area contributed by atoms with E-state index in [1.165, 1.54) is 21.4 Å². The third-order valence-corrected chi connectivity index (χ3v) is 6.54. The van der Waals surface area contributed by atoms with Crippen LogP contribution in [-0.4, -0.2) is 41.0 Å². The van der Waals surface area contributed by atoms with Crippen molar-refractivity contribution in [2.24, 2.45) is 0 Å². The summed E-state index contributed by atoms with van der Waals surface area (Å²) in [6.07, 6.45) is 0. The molecule has 0 N–H and O–H groups in total. The molecule has 5 heteroatoms. The Balaban J connectivity index is 1.38. The molecule has 4 aromatic rings. The van der Waals surface area contributed by atoms with Crippen molar-refractivity contribution >= 4 is 27.4 Å². The molecule has 2 aromatic carbocycles. The maximum absolute atomic E-state index is 4.84. The van der Waals surface area contributed by atoms with E-state index in [1.807, 2.05) is 6.92 Å². The number of rotatable bonds is 4. The molecule has 3 heterocycles. The fourth-order valence-electron chi connectivity index (χ4n) is 3.96. The normalized spacial score (nSPS) is 15.1. The maximum atomic E-state index is 4.84. The Kier molecular flexibility index (Phi) is 5.00. The smallest absolute Gasteiger partial charge is 0.141 e. The largest absolute Gasteiger partial charge is 0.353 e. The van der Waals surface area contributed by atoms with Gasteiger partial charge in [0.1, 0.15) is 16.5 Å². The molecule has 0 bridgehead atoms. The molecule has 2 aromatic heterocycles. The Bertz CT molecular complexity index is 1100. The number of fused-ring (bicyclic) bond motifs is 1. The number of anilines is 1. The SMILES string of the molecule is Cc1nc(N2CCN(Cc3ccccc3)CC2)c2cc(-c3ccccc3)sc2n1. The van der Waals surface area contributed by atoms with Crippen molar-refractivity contribution in [3.63, 3.8) is 0 Å². The Morgan fingerprint density at radius 1 is 0.862 bits per heavy atom. The van der Waals surface area contributed by atoms with Crippen LogP contribution in [0.25, 0.3) is 20.7 Å². The van der Waals surface area contributed by atoms with Gasteiger partial charge in [-0.05, 0) is 24.1 Å². The summed E-state index contributed by atoms with van der Waals surface area (Å²) in [5, 5.41) is 1.18. The molecule has 1 aliphatic rings. The summed E-state index contributed by atoms with van der Waals surface area (Å²) >= 11 is 1.76. The Morgan fingerprint density at radius 3 is 2.28 bits per heavy atom. The fraction of sp³-hybridized carbons (Fsp3) is 0.250. The van der Waals surface area contributed by atoms with Crippen LogP contribution in [0, 0.1) is 6.92 Å². The molecule has 1 fully saturated rings. The first kappa shape index (κ1) is 18.3. The van der Waals surface area contributed by atoms with Crippen molar-refractivity contribution in [1.29, 1.82) is 0 Å². The van der Waals surface area contributed by atoms with Gasteiger partial charge >= 0.3 is 0 Å². The zero-order valence-corrected chi connectivity index (χ0v) is 17.4. The van der Waals surface area contributed by atoms with Gasteiger partial charge in [-0.25, -0.2) is 9.97 Å². The minimum Gasteiger partial charge on any atom is -0.353 e. The van der Waals surface area contributed by atoms with Crippen LogP contribution >= 0.6 is 11.3 Å². The Morgan fingerprint density at radius 2 is 1.55 bits per heavy atom. The summed E-state index contributed by atoms with van der Waals surface area (Å²) in [4.78, 5) is 16.9. The van der Waals surface area contributed by atoms with E-state index < -0.39 is 0 Å². The Hall–Kier alpha value is -2.76.